The number of carbonyl (C=O) groups is 2. The van der Waals surface area contributed by atoms with Crippen molar-refractivity contribution in [3.8, 4) is 0 Å². The Morgan fingerprint density at radius 1 is 1.35 bits per heavy atom. The van der Waals surface area contributed by atoms with Crippen molar-refractivity contribution in [2.75, 3.05) is 0 Å². The number of hydrogen-bond acceptors (Lipinski definition) is 2. The van der Waals surface area contributed by atoms with Gasteiger partial charge in [-0.2, -0.15) is 0 Å². The number of hydrogen-bond donors (Lipinski definition) is 1. The Balaban J connectivity index is 2.54. The van der Waals surface area contributed by atoms with Crippen molar-refractivity contribution in [1.82, 2.24) is 4.57 Å². The van der Waals surface area contributed by atoms with Gasteiger partial charge < -0.3 is 10.3 Å². The van der Waals surface area contributed by atoms with E-state index in [2.05, 4.69) is 29.8 Å². The summed E-state index contributed by atoms with van der Waals surface area (Å²) in [5.41, 5.74) is 6.43. The summed E-state index contributed by atoms with van der Waals surface area (Å²) < 4.78 is 2.95. The summed E-state index contributed by atoms with van der Waals surface area (Å²) in [7, 11) is 0. The van der Waals surface area contributed by atoms with E-state index in [1.165, 1.54) is 0 Å². The van der Waals surface area contributed by atoms with Gasteiger partial charge in [-0.05, 0) is 24.5 Å². The van der Waals surface area contributed by atoms with Crippen LogP contribution in [-0.2, 0) is 11.3 Å². The minimum absolute atomic E-state index is 0.378. The number of Topliss-reactive ketones (excluding diaryl/α,β-unsaturated/α-hetero) is 1. The lowest BCUT2D eigenvalue weighted by atomic mass is 10.1. The average Bonchev–Trinajstić information content (AvgIpc) is 2.73. The Morgan fingerprint density at radius 3 is 2.65 bits per heavy atom. The zero-order valence-electron chi connectivity index (χ0n) is 11.5. The number of amides is 1. The fraction of sp³-hybridized carbons (Fsp3) is 0.333. The fourth-order valence-electron chi connectivity index (χ4n) is 2.16. The number of benzene rings is 1. The number of aromatic nitrogens is 1. The summed E-state index contributed by atoms with van der Waals surface area (Å²) in [6.45, 7) is 5.10. The monoisotopic (exact) mass is 336 g/mol. The fourth-order valence-corrected chi connectivity index (χ4v) is 2.51. The number of halogens is 1. The Labute approximate surface area is 126 Å². The molecule has 1 aromatic heterocycles. The van der Waals surface area contributed by atoms with Crippen molar-refractivity contribution in [3.63, 3.8) is 0 Å². The summed E-state index contributed by atoms with van der Waals surface area (Å²) in [4.78, 5) is 23.0. The molecule has 1 heterocycles. The first-order valence-electron chi connectivity index (χ1n) is 6.52. The lowest BCUT2D eigenvalue weighted by molar-refractivity contribution is -0.114. The third-order valence-corrected chi connectivity index (χ3v) is 3.75. The molecule has 0 saturated carbocycles. The minimum atomic E-state index is -0.921. The molecule has 0 aliphatic heterocycles. The number of carbonyl (C=O) groups excluding carboxylic acids is 2. The maximum absolute atomic E-state index is 11.9. The average molecular weight is 337 g/mol. The van der Waals surface area contributed by atoms with Crippen molar-refractivity contribution < 1.29 is 9.59 Å². The third-order valence-electron chi connectivity index (χ3n) is 3.26. The first kappa shape index (κ1) is 14.8. The molecule has 5 heteroatoms. The molecule has 2 aromatic rings. The Hall–Kier alpha value is -1.62. The van der Waals surface area contributed by atoms with Crippen LogP contribution < -0.4 is 5.73 Å². The van der Waals surface area contributed by atoms with Crippen molar-refractivity contribution in [1.29, 1.82) is 0 Å². The number of nitrogens with two attached hydrogens (primary N) is 1. The van der Waals surface area contributed by atoms with E-state index in [0.717, 1.165) is 28.3 Å². The number of rotatable bonds is 5. The number of ketones is 1. The van der Waals surface area contributed by atoms with Gasteiger partial charge in [0.15, 0.2) is 0 Å². The molecule has 0 spiro atoms. The molecule has 0 saturated heterocycles. The largest absolute Gasteiger partial charge is 0.363 e. The van der Waals surface area contributed by atoms with E-state index in [0.29, 0.717) is 11.5 Å². The highest BCUT2D eigenvalue weighted by Crippen LogP contribution is 2.26. The molecule has 0 unspecified atom stereocenters. The van der Waals surface area contributed by atoms with E-state index >= 15 is 0 Å². The van der Waals surface area contributed by atoms with Crippen molar-refractivity contribution >= 4 is 38.5 Å². The second-order valence-electron chi connectivity index (χ2n) is 5.27. The zero-order valence-corrected chi connectivity index (χ0v) is 13.1. The molecule has 1 amide bonds. The predicted molar refractivity (Wildman–Crippen MR) is 82.6 cm³/mol. The Bertz CT molecular complexity index is 674. The molecule has 4 nitrogen and oxygen atoms in total. The van der Waals surface area contributed by atoms with Crippen LogP contribution in [0.3, 0.4) is 0 Å². The summed E-state index contributed by atoms with van der Waals surface area (Å²) in [6.07, 6.45) is 2.73. The zero-order chi connectivity index (χ0) is 14.9. The standard InChI is InChI=1S/C15H17BrN2O2/c1-9(2)5-6-18-8-12(14(19)15(17)20)11-4-3-10(16)7-13(11)18/h3-4,7-9H,5-6H2,1-2H3,(H2,17,20). The molecule has 0 aliphatic carbocycles. The molecule has 106 valence electrons. The molecule has 20 heavy (non-hydrogen) atoms. The van der Waals surface area contributed by atoms with E-state index in [1.807, 2.05) is 22.8 Å². The van der Waals surface area contributed by atoms with E-state index in [1.54, 1.807) is 6.20 Å². The number of primary amides is 1. The van der Waals surface area contributed by atoms with Crippen LogP contribution in [0.15, 0.2) is 28.9 Å². The van der Waals surface area contributed by atoms with Gasteiger partial charge >= 0.3 is 0 Å². The molecule has 0 aliphatic rings. The van der Waals surface area contributed by atoms with E-state index < -0.39 is 11.7 Å². The molecule has 2 N–H and O–H groups in total. The van der Waals surface area contributed by atoms with Crippen LogP contribution in [-0.4, -0.2) is 16.3 Å². The van der Waals surface area contributed by atoms with E-state index in [4.69, 9.17) is 5.73 Å². The Kier molecular flexibility index (Phi) is 4.28. The van der Waals surface area contributed by atoms with Gasteiger partial charge in [0, 0.05) is 28.1 Å². The molecule has 0 bridgehead atoms. The normalized spacial score (nSPS) is 11.2. The second kappa shape index (κ2) is 5.79. The van der Waals surface area contributed by atoms with Gasteiger partial charge in [-0.25, -0.2) is 0 Å². The summed E-state index contributed by atoms with van der Waals surface area (Å²) >= 11 is 3.43. The number of fused-ring (bicyclic) bond motifs is 1. The van der Waals surface area contributed by atoms with Crippen LogP contribution in [0.25, 0.3) is 10.9 Å². The molecule has 1 aromatic carbocycles. The molecular formula is C15H17BrN2O2. The first-order chi connectivity index (χ1) is 9.40. The van der Waals surface area contributed by atoms with Gasteiger partial charge in [0.25, 0.3) is 11.7 Å². The lowest BCUT2D eigenvalue weighted by Gasteiger charge is -2.07. The van der Waals surface area contributed by atoms with E-state index in [-0.39, 0.29) is 0 Å². The van der Waals surface area contributed by atoms with Crippen LogP contribution in [0.4, 0.5) is 0 Å². The smallest absolute Gasteiger partial charge is 0.289 e. The summed E-state index contributed by atoms with van der Waals surface area (Å²) in [6, 6.07) is 5.64. The molecular weight excluding hydrogens is 320 g/mol. The van der Waals surface area contributed by atoms with Gasteiger partial charge in [0.2, 0.25) is 0 Å². The molecule has 0 radical (unpaired) electrons. The summed E-state index contributed by atoms with van der Waals surface area (Å²) in [5, 5.41) is 0.765. The van der Waals surface area contributed by atoms with Gasteiger partial charge in [-0.15, -0.1) is 0 Å². The highest BCUT2D eigenvalue weighted by molar-refractivity contribution is 9.10. The minimum Gasteiger partial charge on any atom is -0.363 e. The highest BCUT2D eigenvalue weighted by Gasteiger charge is 2.19. The van der Waals surface area contributed by atoms with Crippen LogP contribution in [0.5, 0.6) is 0 Å². The molecule has 0 atom stereocenters. The number of nitrogens with zero attached hydrogens (tertiary/aromatic N) is 1. The van der Waals surface area contributed by atoms with Crippen LogP contribution in [0.1, 0.15) is 30.6 Å². The van der Waals surface area contributed by atoms with E-state index in [9.17, 15) is 9.59 Å². The Morgan fingerprint density at radius 2 is 2.05 bits per heavy atom. The molecule has 0 fully saturated rings. The van der Waals surface area contributed by atoms with Crippen molar-refractivity contribution in [2.24, 2.45) is 11.7 Å². The van der Waals surface area contributed by atoms with Crippen molar-refractivity contribution in [3.05, 3.63) is 34.4 Å². The van der Waals surface area contributed by atoms with Crippen LogP contribution >= 0.6 is 15.9 Å². The quantitative estimate of drug-likeness (QED) is 0.673. The van der Waals surface area contributed by atoms with Gasteiger partial charge in [-0.3, -0.25) is 9.59 Å². The topological polar surface area (TPSA) is 65.1 Å². The van der Waals surface area contributed by atoms with Crippen LogP contribution in [0.2, 0.25) is 0 Å². The second-order valence-corrected chi connectivity index (χ2v) is 6.19. The first-order valence-corrected chi connectivity index (χ1v) is 7.32. The summed E-state index contributed by atoms with van der Waals surface area (Å²) in [5.74, 6) is -0.994. The number of aryl methyl sites for hydroxylation is 1. The van der Waals surface area contributed by atoms with Gasteiger partial charge in [0.1, 0.15) is 0 Å². The highest BCUT2D eigenvalue weighted by atomic mass is 79.9. The SMILES string of the molecule is CC(C)CCn1cc(C(=O)C(N)=O)c2ccc(Br)cc21. The third kappa shape index (κ3) is 2.93. The predicted octanol–water partition coefficient (Wildman–Crippen LogP) is 3.12. The van der Waals surface area contributed by atoms with Crippen molar-refractivity contribution in [2.45, 2.75) is 26.8 Å². The maximum atomic E-state index is 11.9. The molecule has 2 rings (SSSR count). The lowest BCUT2D eigenvalue weighted by Crippen LogP contribution is -2.22. The van der Waals surface area contributed by atoms with Gasteiger partial charge in [0.05, 0.1) is 5.56 Å². The van der Waals surface area contributed by atoms with Crippen LogP contribution in [0, 0.1) is 5.92 Å². The maximum Gasteiger partial charge on any atom is 0.289 e. The van der Waals surface area contributed by atoms with Gasteiger partial charge in [-0.1, -0.05) is 35.8 Å².